The molecule has 0 aromatic rings. The van der Waals surface area contributed by atoms with Gasteiger partial charge in [-0.2, -0.15) is 0 Å². The number of hydrogen-bond donors (Lipinski definition) is 0. The van der Waals surface area contributed by atoms with Gasteiger partial charge in [-0.15, -0.1) is 0 Å². The highest BCUT2D eigenvalue weighted by molar-refractivity contribution is 5.83. The van der Waals surface area contributed by atoms with Crippen molar-refractivity contribution >= 4 is 5.78 Å². The number of ketones is 1. The second kappa shape index (κ2) is 4.11. The van der Waals surface area contributed by atoms with Crippen molar-refractivity contribution in [1.29, 1.82) is 0 Å². The van der Waals surface area contributed by atoms with Crippen LogP contribution in [0.2, 0.25) is 0 Å². The van der Waals surface area contributed by atoms with Crippen molar-refractivity contribution in [1.82, 2.24) is 0 Å². The molecule has 1 saturated carbocycles. The third-order valence-corrected chi connectivity index (χ3v) is 4.36. The molecule has 0 bridgehead atoms. The molecule has 84 valence electrons. The highest BCUT2D eigenvalue weighted by atomic mass is 16.1. The van der Waals surface area contributed by atoms with Gasteiger partial charge in [-0.25, -0.2) is 0 Å². The Hall–Kier alpha value is -0.590. The molecule has 1 nitrogen and oxygen atoms in total. The third-order valence-electron chi connectivity index (χ3n) is 4.36. The van der Waals surface area contributed by atoms with Gasteiger partial charge in [0.25, 0.3) is 0 Å². The molecule has 0 radical (unpaired) electrons. The lowest BCUT2D eigenvalue weighted by molar-refractivity contribution is -0.129. The summed E-state index contributed by atoms with van der Waals surface area (Å²) in [6.45, 7) is 6.74. The van der Waals surface area contributed by atoms with E-state index in [9.17, 15) is 4.79 Å². The van der Waals surface area contributed by atoms with Crippen LogP contribution >= 0.6 is 0 Å². The lowest BCUT2D eigenvalue weighted by atomic mass is 9.62. The van der Waals surface area contributed by atoms with Crippen molar-refractivity contribution in [2.45, 2.75) is 46.5 Å². The second-order valence-electron chi connectivity index (χ2n) is 5.58. The lowest BCUT2D eigenvalue weighted by Crippen LogP contribution is -2.39. The second-order valence-corrected chi connectivity index (χ2v) is 5.58. The van der Waals surface area contributed by atoms with Crippen LogP contribution in [0.5, 0.6) is 0 Å². The SMILES string of the molecule is CC1=CC[C@H](C(C)C)[C@@H]2C(=O)CCC[C@H]12. The molecule has 0 amide bonds. The minimum Gasteiger partial charge on any atom is -0.299 e. The molecule has 1 heteroatoms. The molecule has 0 heterocycles. The van der Waals surface area contributed by atoms with Crippen molar-refractivity contribution in [2.24, 2.45) is 23.7 Å². The molecule has 0 spiro atoms. The normalized spacial score (nSPS) is 36.4. The predicted molar refractivity (Wildman–Crippen MR) is 62.5 cm³/mol. The first-order valence-corrected chi connectivity index (χ1v) is 6.30. The first kappa shape index (κ1) is 10.9. The summed E-state index contributed by atoms with van der Waals surface area (Å²) in [4.78, 5) is 12.1. The first-order chi connectivity index (χ1) is 7.11. The molecular formula is C14H22O. The number of Topliss-reactive ketones (excluding diaryl/α,β-unsaturated/α-hetero) is 1. The average Bonchev–Trinajstić information content (AvgIpc) is 2.19. The maximum atomic E-state index is 12.1. The number of carbonyl (C=O) groups is 1. The van der Waals surface area contributed by atoms with Gasteiger partial charge in [0.1, 0.15) is 5.78 Å². The average molecular weight is 206 g/mol. The van der Waals surface area contributed by atoms with Crippen LogP contribution in [0.3, 0.4) is 0 Å². The smallest absolute Gasteiger partial charge is 0.136 e. The number of hydrogen-bond acceptors (Lipinski definition) is 1. The van der Waals surface area contributed by atoms with Gasteiger partial charge < -0.3 is 0 Å². The highest BCUT2D eigenvalue weighted by Crippen LogP contribution is 2.44. The standard InChI is InChI=1S/C14H22O/c1-9(2)11-8-7-10(3)12-5-4-6-13(15)14(11)12/h7,9,11-12,14H,4-6,8H2,1-3H3/t11-,12-,14+/m1/s1. The van der Waals surface area contributed by atoms with Gasteiger partial charge >= 0.3 is 0 Å². The third kappa shape index (κ3) is 1.89. The summed E-state index contributed by atoms with van der Waals surface area (Å²) in [5.41, 5.74) is 1.48. The van der Waals surface area contributed by atoms with E-state index in [1.165, 1.54) is 12.0 Å². The van der Waals surface area contributed by atoms with Crippen LogP contribution in [0.1, 0.15) is 46.5 Å². The summed E-state index contributed by atoms with van der Waals surface area (Å²) >= 11 is 0. The van der Waals surface area contributed by atoms with Crippen molar-refractivity contribution in [3.8, 4) is 0 Å². The van der Waals surface area contributed by atoms with E-state index in [2.05, 4.69) is 26.8 Å². The van der Waals surface area contributed by atoms with Gasteiger partial charge in [-0.1, -0.05) is 25.5 Å². The molecule has 0 aromatic carbocycles. The summed E-state index contributed by atoms with van der Waals surface area (Å²) in [6.07, 6.45) is 6.68. The van der Waals surface area contributed by atoms with Crippen LogP contribution in [0.25, 0.3) is 0 Å². The Morgan fingerprint density at radius 3 is 2.80 bits per heavy atom. The van der Waals surface area contributed by atoms with Crippen LogP contribution in [0.4, 0.5) is 0 Å². The van der Waals surface area contributed by atoms with Gasteiger partial charge in [0.15, 0.2) is 0 Å². The Kier molecular flexibility index (Phi) is 2.99. The number of fused-ring (bicyclic) bond motifs is 1. The zero-order chi connectivity index (χ0) is 11.0. The molecule has 0 N–H and O–H groups in total. The molecule has 2 aliphatic carbocycles. The fraction of sp³-hybridized carbons (Fsp3) is 0.786. The molecule has 3 atom stereocenters. The minimum absolute atomic E-state index is 0.351. The molecule has 0 unspecified atom stereocenters. The van der Waals surface area contributed by atoms with E-state index < -0.39 is 0 Å². The van der Waals surface area contributed by atoms with Crippen LogP contribution in [0.15, 0.2) is 11.6 Å². The molecule has 2 rings (SSSR count). The summed E-state index contributed by atoms with van der Waals surface area (Å²) in [5.74, 6) is 2.71. The summed E-state index contributed by atoms with van der Waals surface area (Å²) in [6, 6.07) is 0. The van der Waals surface area contributed by atoms with Gasteiger partial charge in [0.05, 0.1) is 0 Å². The maximum absolute atomic E-state index is 12.1. The number of rotatable bonds is 1. The molecule has 15 heavy (non-hydrogen) atoms. The zero-order valence-corrected chi connectivity index (χ0v) is 10.1. The van der Waals surface area contributed by atoms with Crippen LogP contribution in [-0.4, -0.2) is 5.78 Å². The largest absolute Gasteiger partial charge is 0.299 e. The van der Waals surface area contributed by atoms with Crippen LogP contribution in [-0.2, 0) is 4.79 Å². The molecular weight excluding hydrogens is 184 g/mol. The fourth-order valence-corrected chi connectivity index (χ4v) is 3.42. The number of allylic oxidation sites excluding steroid dienone is 2. The van der Waals surface area contributed by atoms with Crippen molar-refractivity contribution in [3.05, 3.63) is 11.6 Å². The van der Waals surface area contributed by atoms with E-state index in [0.29, 0.717) is 29.5 Å². The monoisotopic (exact) mass is 206 g/mol. The Morgan fingerprint density at radius 1 is 1.40 bits per heavy atom. The minimum atomic E-state index is 0.351. The Labute approximate surface area is 92.9 Å². The Balaban J connectivity index is 2.28. The van der Waals surface area contributed by atoms with E-state index in [-0.39, 0.29) is 0 Å². The predicted octanol–water partition coefficient (Wildman–Crippen LogP) is 3.59. The quantitative estimate of drug-likeness (QED) is 0.599. The van der Waals surface area contributed by atoms with Gasteiger partial charge in [0, 0.05) is 12.3 Å². The Bertz CT molecular complexity index is 288. The molecule has 0 aliphatic heterocycles. The van der Waals surface area contributed by atoms with E-state index in [0.717, 1.165) is 19.3 Å². The fourth-order valence-electron chi connectivity index (χ4n) is 3.42. The molecule has 2 aliphatic rings. The van der Waals surface area contributed by atoms with Gasteiger partial charge in [0.2, 0.25) is 0 Å². The Morgan fingerprint density at radius 2 is 2.13 bits per heavy atom. The van der Waals surface area contributed by atoms with Gasteiger partial charge in [-0.05, 0) is 43.9 Å². The zero-order valence-electron chi connectivity index (χ0n) is 10.1. The van der Waals surface area contributed by atoms with E-state index in [4.69, 9.17) is 0 Å². The van der Waals surface area contributed by atoms with Crippen LogP contribution < -0.4 is 0 Å². The topological polar surface area (TPSA) is 17.1 Å². The van der Waals surface area contributed by atoms with E-state index >= 15 is 0 Å². The maximum Gasteiger partial charge on any atom is 0.136 e. The van der Waals surface area contributed by atoms with E-state index in [1.54, 1.807) is 0 Å². The molecule has 0 aromatic heterocycles. The van der Waals surface area contributed by atoms with Crippen LogP contribution in [0, 0.1) is 23.7 Å². The van der Waals surface area contributed by atoms with E-state index in [1.807, 2.05) is 0 Å². The van der Waals surface area contributed by atoms with Crippen molar-refractivity contribution in [2.75, 3.05) is 0 Å². The van der Waals surface area contributed by atoms with Crippen molar-refractivity contribution in [3.63, 3.8) is 0 Å². The van der Waals surface area contributed by atoms with Crippen molar-refractivity contribution < 1.29 is 4.79 Å². The summed E-state index contributed by atoms with van der Waals surface area (Å²) in [7, 11) is 0. The summed E-state index contributed by atoms with van der Waals surface area (Å²) < 4.78 is 0. The summed E-state index contributed by atoms with van der Waals surface area (Å²) in [5, 5.41) is 0. The van der Waals surface area contributed by atoms with Gasteiger partial charge in [-0.3, -0.25) is 4.79 Å². The highest BCUT2D eigenvalue weighted by Gasteiger charge is 2.41. The first-order valence-electron chi connectivity index (χ1n) is 6.30. The molecule has 1 fully saturated rings. The molecule has 0 saturated heterocycles. The lowest BCUT2D eigenvalue weighted by Gasteiger charge is -2.41. The number of carbonyl (C=O) groups excluding carboxylic acids is 1.